The summed E-state index contributed by atoms with van der Waals surface area (Å²) >= 11 is 5.52. The molecule has 1 N–H and O–H groups in total. The van der Waals surface area contributed by atoms with Crippen molar-refractivity contribution in [2.24, 2.45) is 0 Å². The zero-order valence-corrected chi connectivity index (χ0v) is 9.48. The van der Waals surface area contributed by atoms with E-state index in [-0.39, 0.29) is 5.82 Å². The van der Waals surface area contributed by atoms with Gasteiger partial charge < -0.3 is 10.1 Å². The van der Waals surface area contributed by atoms with Crippen molar-refractivity contribution in [1.82, 2.24) is 5.32 Å². The topological polar surface area (TPSA) is 21.3 Å². The lowest BCUT2D eigenvalue weighted by Gasteiger charge is -2.06. The summed E-state index contributed by atoms with van der Waals surface area (Å²) < 4.78 is 18.3. The predicted molar refractivity (Wildman–Crippen MR) is 60.0 cm³/mol. The van der Waals surface area contributed by atoms with E-state index in [2.05, 4.69) is 5.32 Å². The van der Waals surface area contributed by atoms with Crippen molar-refractivity contribution >= 4 is 11.6 Å². The highest BCUT2D eigenvalue weighted by atomic mass is 35.5. The van der Waals surface area contributed by atoms with Gasteiger partial charge in [-0.25, -0.2) is 4.39 Å². The molecule has 15 heavy (non-hydrogen) atoms. The Bertz CT molecular complexity index is 307. The zero-order chi connectivity index (χ0) is 11.1. The monoisotopic (exact) mass is 231 g/mol. The van der Waals surface area contributed by atoms with Crippen LogP contribution in [-0.4, -0.2) is 19.5 Å². The van der Waals surface area contributed by atoms with E-state index >= 15 is 0 Å². The number of hydrogen-bond donors (Lipinski definition) is 1. The van der Waals surface area contributed by atoms with Gasteiger partial charge in [-0.3, -0.25) is 0 Å². The number of benzene rings is 1. The van der Waals surface area contributed by atoms with Gasteiger partial charge in [-0.1, -0.05) is 6.07 Å². The van der Waals surface area contributed by atoms with Crippen LogP contribution in [0.5, 0.6) is 5.75 Å². The van der Waals surface area contributed by atoms with Gasteiger partial charge in [-0.2, -0.15) is 0 Å². The van der Waals surface area contributed by atoms with E-state index in [1.165, 1.54) is 13.2 Å². The summed E-state index contributed by atoms with van der Waals surface area (Å²) in [6.45, 7) is 1.32. The Morgan fingerprint density at radius 2 is 2.27 bits per heavy atom. The SMILES string of the molecule is COc1ccc(CNCCCCl)c(F)c1. The smallest absolute Gasteiger partial charge is 0.131 e. The first-order valence-electron chi connectivity index (χ1n) is 4.87. The average molecular weight is 232 g/mol. The third kappa shape index (κ3) is 4.06. The molecule has 0 bridgehead atoms. The van der Waals surface area contributed by atoms with Crippen molar-refractivity contribution in [2.75, 3.05) is 19.5 Å². The molecule has 1 aromatic carbocycles. The van der Waals surface area contributed by atoms with E-state index in [0.29, 0.717) is 23.7 Å². The van der Waals surface area contributed by atoms with E-state index in [0.717, 1.165) is 13.0 Å². The largest absolute Gasteiger partial charge is 0.497 e. The molecule has 1 rings (SSSR count). The Balaban J connectivity index is 2.47. The number of methoxy groups -OCH3 is 1. The van der Waals surface area contributed by atoms with Crippen molar-refractivity contribution in [2.45, 2.75) is 13.0 Å². The summed E-state index contributed by atoms with van der Waals surface area (Å²) in [5, 5.41) is 3.12. The fraction of sp³-hybridized carbons (Fsp3) is 0.455. The van der Waals surface area contributed by atoms with E-state index < -0.39 is 0 Å². The summed E-state index contributed by atoms with van der Waals surface area (Å²) in [5.74, 6) is 0.919. The molecule has 0 unspecified atom stereocenters. The van der Waals surface area contributed by atoms with E-state index in [1.807, 2.05) is 0 Å². The number of halogens is 2. The van der Waals surface area contributed by atoms with Crippen LogP contribution in [-0.2, 0) is 6.54 Å². The van der Waals surface area contributed by atoms with Gasteiger partial charge in [0, 0.05) is 24.1 Å². The number of ether oxygens (including phenoxy) is 1. The second-order valence-corrected chi connectivity index (χ2v) is 3.55. The van der Waals surface area contributed by atoms with Crippen LogP contribution >= 0.6 is 11.6 Å². The second-order valence-electron chi connectivity index (χ2n) is 3.18. The molecule has 84 valence electrons. The Kier molecular flexibility index (Phi) is 5.43. The summed E-state index contributed by atoms with van der Waals surface area (Å²) in [6, 6.07) is 4.86. The molecule has 0 radical (unpaired) electrons. The molecular weight excluding hydrogens is 217 g/mol. The van der Waals surface area contributed by atoms with Crippen molar-refractivity contribution in [3.8, 4) is 5.75 Å². The molecule has 0 fully saturated rings. The van der Waals surface area contributed by atoms with Gasteiger partial charge in [0.15, 0.2) is 0 Å². The van der Waals surface area contributed by atoms with Crippen molar-refractivity contribution in [3.63, 3.8) is 0 Å². The zero-order valence-electron chi connectivity index (χ0n) is 8.72. The van der Waals surface area contributed by atoms with Gasteiger partial charge in [0.25, 0.3) is 0 Å². The van der Waals surface area contributed by atoms with Gasteiger partial charge in [0.05, 0.1) is 7.11 Å². The number of alkyl halides is 1. The predicted octanol–water partition coefficient (Wildman–Crippen LogP) is 2.55. The highest BCUT2D eigenvalue weighted by Crippen LogP contribution is 2.15. The molecule has 0 saturated carbocycles. The first kappa shape index (κ1) is 12.3. The lowest BCUT2D eigenvalue weighted by molar-refractivity contribution is 0.410. The normalized spacial score (nSPS) is 10.3. The highest BCUT2D eigenvalue weighted by molar-refractivity contribution is 6.17. The summed E-state index contributed by atoms with van der Waals surface area (Å²) in [7, 11) is 1.52. The van der Waals surface area contributed by atoms with Crippen LogP contribution in [0.3, 0.4) is 0 Å². The van der Waals surface area contributed by atoms with E-state index in [9.17, 15) is 4.39 Å². The molecule has 0 amide bonds. The van der Waals surface area contributed by atoms with Gasteiger partial charge in [-0.15, -0.1) is 11.6 Å². The highest BCUT2D eigenvalue weighted by Gasteiger charge is 2.02. The van der Waals surface area contributed by atoms with Crippen LogP contribution in [0.4, 0.5) is 4.39 Å². The van der Waals surface area contributed by atoms with Gasteiger partial charge in [0.2, 0.25) is 0 Å². The molecule has 0 saturated heterocycles. The van der Waals surface area contributed by atoms with Crippen LogP contribution in [0.2, 0.25) is 0 Å². The average Bonchev–Trinajstić information content (AvgIpc) is 2.26. The maximum atomic E-state index is 13.4. The standard InChI is InChI=1S/C11H15ClFNO/c1-15-10-4-3-9(11(13)7-10)8-14-6-2-5-12/h3-4,7,14H,2,5-6,8H2,1H3. The lowest BCUT2D eigenvalue weighted by Crippen LogP contribution is -2.15. The fourth-order valence-electron chi connectivity index (χ4n) is 1.21. The third-order valence-electron chi connectivity index (χ3n) is 2.06. The molecule has 2 nitrogen and oxygen atoms in total. The molecule has 0 aliphatic heterocycles. The molecule has 0 atom stereocenters. The van der Waals surface area contributed by atoms with Crippen LogP contribution < -0.4 is 10.1 Å². The van der Waals surface area contributed by atoms with Gasteiger partial charge in [-0.05, 0) is 19.0 Å². The summed E-state index contributed by atoms with van der Waals surface area (Å²) in [5.41, 5.74) is 0.644. The second kappa shape index (κ2) is 6.64. The van der Waals surface area contributed by atoms with E-state index in [4.69, 9.17) is 16.3 Å². The third-order valence-corrected chi connectivity index (χ3v) is 2.33. The Morgan fingerprint density at radius 3 is 2.87 bits per heavy atom. The van der Waals surface area contributed by atoms with Crippen LogP contribution in [0.1, 0.15) is 12.0 Å². The Hall–Kier alpha value is -0.800. The molecule has 0 heterocycles. The molecule has 1 aromatic rings. The van der Waals surface area contributed by atoms with E-state index in [1.54, 1.807) is 12.1 Å². The van der Waals surface area contributed by atoms with Gasteiger partial charge >= 0.3 is 0 Å². The van der Waals surface area contributed by atoms with Crippen LogP contribution in [0, 0.1) is 5.82 Å². The fourth-order valence-corrected chi connectivity index (χ4v) is 1.35. The molecule has 0 aliphatic rings. The van der Waals surface area contributed by atoms with Gasteiger partial charge in [0.1, 0.15) is 11.6 Å². The molecule has 0 aliphatic carbocycles. The first-order valence-corrected chi connectivity index (χ1v) is 5.40. The summed E-state index contributed by atoms with van der Waals surface area (Å²) in [4.78, 5) is 0. The summed E-state index contributed by atoms with van der Waals surface area (Å²) in [6.07, 6.45) is 0.888. The molecule has 0 spiro atoms. The molecule has 0 aromatic heterocycles. The maximum absolute atomic E-state index is 13.4. The van der Waals surface area contributed by atoms with Crippen molar-refractivity contribution in [3.05, 3.63) is 29.6 Å². The molecular formula is C11H15ClFNO. The van der Waals surface area contributed by atoms with Crippen molar-refractivity contribution in [1.29, 1.82) is 0 Å². The minimum atomic E-state index is -0.243. The minimum Gasteiger partial charge on any atom is -0.497 e. The number of nitrogens with one attached hydrogen (secondary N) is 1. The first-order chi connectivity index (χ1) is 7.27. The quantitative estimate of drug-likeness (QED) is 0.600. The molecule has 4 heteroatoms. The Morgan fingerprint density at radius 1 is 1.47 bits per heavy atom. The van der Waals surface area contributed by atoms with Crippen molar-refractivity contribution < 1.29 is 9.13 Å². The Labute approximate surface area is 94.4 Å². The maximum Gasteiger partial charge on any atom is 0.131 e. The van der Waals surface area contributed by atoms with Crippen LogP contribution in [0.25, 0.3) is 0 Å². The van der Waals surface area contributed by atoms with Crippen LogP contribution in [0.15, 0.2) is 18.2 Å². The minimum absolute atomic E-state index is 0.243. The lowest BCUT2D eigenvalue weighted by atomic mass is 10.2. The number of hydrogen-bond acceptors (Lipinski definition) is 2. The number of rotatable bonds is 6.